The molecule has 1 atom stereocenters. The summed E-state index contributed by atoms with van der Waals surface area (Å²) in [5.41, 5.74) is 7.28. The summed E-state index contributed by atoms with van der Waals surface area (Å²) in [6, 6.07) is 10.4. The molecule has 4 N–H and O–H groups in total. The quantitative estimate of drug-likeness (QED) is 0.597. The molecular formula is C16H25N5O2. The van der Waals surface area contributed by atoms with Gasteiger partial charge in [-0.1, -0.05) is 30.3 Å². The SMILES string of the molecule is O=C(NCC1CN(Cc2ccccc2)CCO1)NC1CNNC1. The van der Waals surface area contributed by atoms with Crippen LogP contribution in [0, 0.1) is 0 Å². The predicted molar refractivity (Wildman–Crippen MR) is 87.8 cm³/mol. The Labute approximate surface area is 136 Å². The van der Waals surface area contributed by atoms with E-state index in [9.17, 15) is 4.79 Å². The fourth-order valence-electron chi connectivity index (χ4n) is 2.90. The van der Waals surface area contributed by atoms with Crippen LogP contribution in [0.3, 0.4) is 0 Å². The lowest BCUT2D eigenvalue weighted by Crippen LogP contribution is -2.50. The molecule has 2 aliphatic rings. The summed E-state index contributed by atoms with van der Waals surface area (Å²) in [7, 11) is 0. The highest BCUT2D eigenvalue weighted by Gasteiger charge is 2.22. The molecule has 1 unspecified atom stereocenters. The molecule has 2 aliphatic heterocycles. The van der Waals surface area contributed by atoms with Gasteiger partial charge in [0.05, 0.1) is 18.8 Å². The maximum Gasteiger partial charge on any atom is 0.315 e. The van der Waals surface area contributed by atoms with E-state index in [0.29, 0.717) is 13.2 Å². The molecule has 1 aromatic rings. The molecule has 7 heteroatoms. The second-order valence-electron chi connectivity index (χ2n) is 6.03. The number of nitrogens with one attached hydrogen (secondary N) is 4. The highest BCUT2D eigenvalue weighted by atomic mass is 16.5. The van der Waals surface area contributed by atoms with E-state index in [0.717, 1.165) is 32.7 Å². The summed E-state index contributed by atoms with van der Waals surface area (Å²) in [4.78, 5) is 14.2. The van der Waals surface area contributed by atoms with Gasteiger partial charge in [0.25, 0.3) is 0 Å². The average Bonchev–Trinajstić information content (AvgIpc) is 3.07. The van der Waals surface area contributed by atoms with Crippen LogP contribution < -0.4 is 21.5 Å². The third-order valence-electron chi connectivity index (χ3n) is 4.12. The number of hydrogen-bond acceptors (Lipinski definition) is 5. The number of rotatable bonds is 5. The summed E-state index contributed by atoms with van der Waals surface area (Å²) in [5, 5.41) is 5.83. The highest BCUT2D eigenvalue weighted by Crippen LogP contribution is 2.10. The second kappa shape index (κ2) is 8.26. The first-order valence-electron chi connectivity index (χ1n) is 8.17. The summed E-state index contributed by atoms with van der Waals surface area (Å²) in [6.45, 7) is 5.42. The standard InChI is InChI=1S/C16H25N5O2/c22-16(20-14-8-18-19-9-14)17-10-15-12-21(6-7-23-15)11-13-4-2-1-3-5-13/h1-5,14-15,18-19H,6-12H2,(H2,17,20,22). The Morgan fingerprint density at radius 1 is 1.26 bits per heavy atom. The number of hydrogen-bond donors (Lipinski definition) is 4. The average molecular weight is 319 g/mol. The van der Waals surface area contributed by atoms with Gasteiger partial charge in [0, 0.05) is 39.3 Å². The minimum atomic E-state index is -0.135. The largest absolute Gasteiger partial charge is 0.374 e. The van der Waals surface area contributed by atoms with Crippen molar-refractivity contribution in [2.24, 2.45) is 0 Å². The van der Waals surface area contributed by atoms with Crippen LogP contribution in [0.4, 0.5) is 4.79 Å². The molecule has 0 aromatic heterocycles. The van der Waals surface area contributed by atoms with Crippen LogP contribution in [-0.2, 0) is 11.3 Å². The molecule has 1 aromatic carbocycles. The van der Waals surface area contributed by atoms with E-state index in [1.54, 1.807) is 0 Å². The lowest BCUT2D eigenvalue weighted by molar-refractivity contribution is -0.0287. The summed E-state index contributed by atoms with van der Waals surface area (Å²) in [6.07, 6.45) is 0.0399. The smallest absolute Gasteiger partial charge is 0.315 e. The monoisotopic (exact) mass is 319 g/mol. The number of morpholine rings is 1. The zero-order chi connectivity index (χ0) is 15.9. The molecule has 0 bridgehead atoms. The van der Waals surface area contributed by atoms with Crippen molar-refractivity contribution in [1.29, 1.82) is 0 Å². The summed E-state index contributed by atoms with van der Waals surface area (Å²) >= 11 is 0. The lowest BCUT2D eigenvalue weighted by Gasteiger charge is -2.33. The molecule has 0 spiro atoms. The second-order valence-corrected chi connectivity index (χ2v) is 6.03. The third-order valence-corrected chi connectivity index (χ3v) is 4.12. The minimum absolute atomic E-state index is 0.0399. The predicted octanol–water partition coefficient (Wildman–Crippen LogP) is -0.337. The first-order valence-corrected chi connectivity index (χ1v) is 8.17. The lowest BCUT2D eigenvalue weighted by atomic mass is 10.2. The number of amides is 2. The van der Waals surface area contributed by atoms with Gasteiger partial charge >= 0.3 is 6.03 Å². The van der Waals surface area contributed by atoms with Crippen molar-refractivity contribution in [3.05, 3.63) is 35.9 Å². The van der Waals surface area contributed by atoms with Crippen LogP contribution in [0.15, 0.2) is 30.3 Å². The van der Waals surface area contributed by atoms with E-state index < -0.39 is 0 Å². The van der Waals surface area contributed by atoms with E-state index in [-0.39, 0.29) is 18.2 Å². The molecule has 7 nitrogen and oxygen atoms in total. The van der Waals surface area contributed by atoms with E-state index >= 15 is 0 Å². The van der Waals surface area contributed by atoms with Crippen molar-refractivity contribution >= 4 is 6.03 Å². The maximum absolute atomic E-state index is 11.9. The van der Waals surface area contributed by atoms with Gasteiger partial charge in [0.2, 0.25) is 0 Å². The first kappa shape index (κ1) is 16.2. The van der Waals surface area contributed by atoms with Crippen molar-refractivity contribution in [3.63, 3.8) is 0 Å². The van der Waals surface area contributed by atoms with Crippen LogP contribution in [0.1, 0.15) is 5.56 Å². The fourth-order valence-corrected chi connectivity index (χ4v) is 2.90. The van der Waals surface area contributed by atoms with Crippen LogP contribution in [0.25, 0.3) is 0 Å². The number of carbonyl (C=O) groups excluding carboxylic acids is 1. The minimum Gasteiger partial charge on any atom is -0.374 e. The van der Waals surface area contributed by atoms with E-state index in [4.69, 9.17) is 4.74 Å². The van der Waals surface area contributed by atoms with Crippen LogP contribution >= 0.6 is 0 Å². The Balaban J connectivity index is 1.39. The van der Waals surface area contributed by atoms with Crippen molar-refractivity contribution in [1.82, 2.24) is 26.4 Å². The molecule has 0 radical (unpaired) electrons. The van der Waals surface area contributed by atoms with Crippen molar-refractivity contribution in [2.75, 3.05) is 39.3 Å². The van der Waals surface area contributed by atoms with Gasteiger partial charge in [-0.15, -0.1) is 0 Å². The third kappa shape index (κ3) is 5.18. The normalized spacial score (nSPS) is 22.9. The number of benzene rings is 1. The molecule has 2 heterocycles. The number of urea groups is 1. The summed E-state index contributed by atoms with van der Waals surface area (Å²) < 4.78 is 5.76. The Morgan fingerprint density at radius 3 is 2.83 bits per heavy atom. The van der Waals surface area contributed by atoms with E-state index in [2.05, 4.69) is 50.7 Å². The van der Waals surface area contributed by atoms with Gasteiger partial charge in [-0.25, -0.2) is 4.79 Å². The maximum atomic E-state index is 11.9. The Hall–Kier alpha value is -1.67. The Bertz CT molecular complexity index is 493. The Kier molecular flexibility index (Phi) is 5.82. The zero-order valence-corrected chi connectivity index (χ0v) is 13.3. The molecule has 2 saturated heterocycles. The van der Waals surface area contributed by atoms with E-state index in [1.165, 1.54) is 5.56 Å². The fraction of sp³-hybridized carbons (Fsp3) is 0.562. The van der Waals surface area contributed by atoms with Crippen LogP contribution in [-0.4, -0.2) is 62.4 Å². The molecule has 126 valence electrons. The van der Waals surface area contributed by atoms with Crippen molar-refractivity contribution < 1.29 is 9.53 Å². The topological polar surface area (TPSA) is 77.7 Å². The van der Waals surface area contributed by atoms with Crippen LogP contribution in [0.5, 0.6) is 0 Å². The van der Waals surface area contributed by atoms with Gasteiger partial charge in [-0.3, -0.25) is 15.8 Å². The van der Waals surface area contributed by atoms with Gasteiger partial charge < -0.3 is 15.4 Å². The molecule has 2 amide bonds. The number of nitrogens with zero attached hydrogens (tertiary/aromatic N) is 1. The zero-order valence-electron chi connectivity index (χ0n) is 13.3. The molecule has 3 rings (SSSR count). The molecule has 0 saturated carbocycles. The van der Waals surface area contributed by atoms with Crippen molar-refractivity contribution in [3.8, 4) is 0 Å². The highest BCUT2D eigenvalue weighted by molar-refractivity contribution is 5.74. The summed E-state index contributed by atoms with van der Waals surface area (Å²) in [5.74, 6) is 0. The molecular weight excluding hydrogens is 294 g/mol. The molecule has 23 heavy (non-hydrogen) atoms. The van der Waals surface area contributed by atoms with Gasteiger partial charge in [0.1, 0.15) is 0 Å². The number of carbonyl (C=O) groups is 1. The Morgan fingerprint density at radius 2 is 2.04 bits per heavy atom. The van der Waals surface area contributed by atoms with Crippen molar-refractivity contribution in [2.45, 2.75) is 18.7 Å². The van der Waals surface area contributed by atoms with E-state index in [1.807, 2.05) is 6.07 Å². The molecule has 2 fully saturated rings. The van der Waals surface area contributed by atoms with Crippen LogP contribution in [0.2, 0.25) is 0 Å². The van der Waals surface area contributed by atoms with Gasteiger partial charge in [-0.05, 0) is 5.56 Å². The van der Waals surface area contributed by atoms with Gasteiger partial charge in [0.15, 0.2) is 0 Å². The first-order chi connectivity index (χ1) is 11.3. The molecule has 0 aliphatic carbocycles. The number of hydrazine groups is 1. The number of ether oxygens (including phenoxy) is 1. The van der Waals surface area contributed by atoms with Gasteiger partial charge in [-0.2, -0.15) is 0 Å².